The number of rotatable bonds is 1. The molecule has 0 spiro atoms. The van der Waals surface area contributed by atoms with Crippen molar-refractivity contribution in [1.29, 1.82) is 0 Å². The van der Waals surface area contributed by atoms with Gasteiger partial charge in [-0.05, 0) is 23.8 Å². The van der Waals surface area contributed by atoms with Crippen LogP contribution in [0.2, 0.25) is 0 Å². The number of aromatic amines is 1. The highest BCUT2D eigenvalue weighted by molar-refractivity contribution is 6.13. The molecule has 0 saturated carbocycles. The maximum Gasteiger partial charge on any atom is 0.0544 e. The van der Waals surface area contributed by atoms with Crippen molar-refractivity contribution in [3.63, 3.8) is 0 Å². The molecular weight excluding hydrogens is 328 g/mol. The third-order valence-corrected chi connectivity index (χ3v) is 5.77. The summed E-state index contributed by atoms with van der Waals surface area (Å²) < 4.78 is 2.29. The van der Waals surface area contributed by atoms with Crippen LogP contribution < -0.4 is 0 Å². The second-order valence-electron chi connectivity index (χ2n) is 7.21. The Bertz CT molecular complexity index is 1480. The van der Waals surface area contributed by atoms with Gasteiger partial charge in [-0.2, -0.15) is 0 Å². The number of aromatic nitrogens is 2. The van der Waals surface area contributed by atoms with Gasteiger partial charge in [0.05, 0.1) is 5.52 Å². The molecule has 1 N–H and O–H groups in total. The van der Waals surface area contributed by atoms with Crippen LogP contribution in [0, 0.1) is 0 Å². The van der Waals surface area contributed by atoms with E-state index in [4.69, 9.17) is 0 Å². The highest BCUT2D eigenvalue weighted by Gasteiger charge is 2.12. The molecule has 0 bridgehead atoms. The van der Waals surface area contributed by atoms with Crippen molar-refractivity contribution >= 4 is 43.6 Å². The van der Waals surface area contributed by atoms with Crippen LogP contribution in [0.15, 0.2) is 84.9 Å². The highest BCUT2D eigenvalue weighted by atomic mass is 14.9. The maximum atomic E-state index is 3.63. The minimum absolute atomic E-state index is 1.19. The van der Waals surface area contributed by atoms with Gasteiger partial charge < -0.3 is 9.55 Å². The Morgan fingerprint density at radius 3 is 2.30 bits per heavy atom. The van der Waals surface area contributed by atoms with Gasteiger partial charge >= 0.3 is 0 Å². The Labute approximate surface area is 156 Å². The fourth-order valence-corrected chi connectivity index (χ4v) is 4.44. The summed E-state index contributed by atoms with van der Waals surface area (Å²) >= 11 is 0. The molecule has 27 heavy (non-hydrogen) atoms. The number of benzene rings is 4. The van der Waals surface area contributed by atoms with Crippen molar-refractivity contribution in [3.05, 3.63) is 84.9 Å². The van der Waals surface area contributed by atoms with Gasteiger partial charge in [-0.3, -0.25) is 0 Å². The molecule has 0 aliphatic rings. The van der Waals surface area contributed by atoms with Crippen molar-refractivity contribution in [2.24, 2.45) is 7.05 Å². The van der Waals surface area contributed by atoms with Crippen molar-refractivity contribution < 1.29 is 0 Å². The summed E-state index contributed by atoms with van der Waals surface area (Å²) in [7, 11) is 2.15. The number of hydrogen-bond acceptors (Lipinski definition) is 0. The number of nitrogens with one attached hydrogen (secondary N) is 1. The van der Waals surface area contributed by atoms with Gasteiger partial charge in [0.2, 0.25) is 0 Å². The van der Waals surface area contributed by atoms with E-state index in [1.54, 1.807) is 0 Å². The third-order valence-electron chi connectivity index (χ3n) is 5.77. The summed E-state index contributed by atoms with van der Waals surface area (Å²) in [5, 5.41) is 5.17. The van der Waals surface area contributed by atoms with Crippen LogP contribution in [0.4, 0.5) is 0 Å². The third kappa shape index (κ3) is 1.95. The van der Waals surface area contributed by atoms with E-state index in [-0.39, 0.29) is 0 Å². The smallest absolute Gasteiger partial charge is 0.0544 e. The molecule has 0 fully saturated rings. The van der Waals surface area contributed by atoms with E-state index in [2.05, 4.69) is 102 Å². The largest absolute Gasteiger partial charge is 0.354 e. The van der Waals surface area contributed by atoms with Crippen LogP contribution in [0.25, 0.3) is 54.7 Å². The molecule has 6 aromatic rings. The molecule has 6 rings (SSSR count). The van der Waals surface area contributed by atoms with Crippen LogP contribution >= 0.6 is 0 Å². The fourth-order valence-electron chi connectivity index (χ4n) is 4.44. The van der Waals surface area contributed by atoms with E-state index in [1.807, 2.05) is 0 Å². The summed E-state index contributed by atoms with van der Waals surface area (Å²) in [6.07, 6.45) is 0. The molecule has 0 saturated heterocycles. The van der Waals surface area contributed by atoms with Crippen LogP contribution in [0.5, 0.6) is 0 Å². The van der Waals surface area contributed by atoms with Gasteiger partial charge in [-0.1, -0.05) is 66.7 Å². The maximum absolute atomic E-state index is 3.63. The van der Waals surface area contributed by atoms with Gasteiger partial charge in [0.1, 0.15) is 0 Å². The van der Waals surface area contributed by atoms with Crippen molar-refractivity contribution in [1.82, 2.24) is 9.55 Å². The molecule has 2 nitrogen and oxygen atoms in total. The van der Waals surface area contributed by atoms with Gasteiger partial charge in [-0.15, -0.1) is 0 Å². The number of H-pyrrole nitrogens is 1. The van der Waals surface area contributed by atoms with E-state index in [9.17, 15) is 0 Å². The first kappa shape index (κ1) is 14.6. The van der Waals surface area contributed by atoms with Crippen LogP contribution in [-0.4, -0.2) is 9.55 Å². The molecule has 0 aliphatic carbocycles. The lowest BCUT2D eigenvalue weighted by Crippen LogP contribution is -1.87. The fraction of sp³-hybridized carbons (Fsp3) is 0.0400. The first-order valence-electron chi connectivity index (χ1n) is 9.28. The molecule has 4 aromatic carbocycles. The lowest BCUT2D eigenvalue weighted by atomic mass is 10.0. The predicted octanol–water partition coefficient (Wildman–Crippen LogP) is 6.63. The molecule has 0 unspecified atom stereocenters. The number of para-hydroxylation sites is 3. The zero-order valence-corrected chi connectivity index (χ0v) is 15.0. The number of hydrogen-bond donors (Lipinski definition) is 1. The molecule has 0 amide bonds. The molecule has 0 radical (unpaired) electrons. The van der Waals surface area contributed by atoms with Crippen molar-refractivity contribution in [2.45, 2.75) is 0 Å². The molecule has 2 heteroatoms. The number of nitrogens with zero attached hydrogens (tertiary/aromatic N) is 1. The monoisotopic (exact) mass is 346 g/mol. The van der Waals surface area contributed by atoms with Gasteiger partial charge in [0.25, 0.3) is 0 Å². The lowest BCUT2D eigenvalue weighted by Gasteiger charge is -2.06. The quantitative estimate of drug-likeness (QED) is 0.345. The lowest BCUT2D eigenvalue weighted by molar-refractivity contribution is 1.01. The number of fused-ring (bicyclic) bond motifs is 6. The SMILES string of the molecule is Cn1c2ccccc2c2ccc(-c3cccc4c3[nH]c3ccccc34)cc21. The second-order valence-corrected chi connectivity index (χ2v) is 7.21. The average molecular weight is 346 g/mol. The Kier molecular flexibility index (Phi) is 2.84. The molecule has 2 heterocycles. The minimum atomic E-state index is 1.19. The first-order valence-corrected chi connectivity index (χ1v) is 9.28. The zero-order valence-electron chi connectivity index (χ0n) is 15.0. The minimum Gasteiger partial charge on any atom is -0.354 e. The molecule has 0 atom stereocenters. The molecular formula is C25H18N2. The first-order chi connectivity index (χ1) is 13.3. The summed E-state index contributed by atoms with van der Waals surface area (Å²) in [5.41, 5.74) is 7.42. The van der Waals surface area contributed by atoms with Gasteiger partial charge in [0, 0.05) is 50.7 Å². The Morgan fingerprint density at radius 2 is 1.37 bits per heavy atom. The standard InChI is InChI=1S/C25H18N2/c1-27-23-12-5-3-8-19(23)20-14-13-16(15-24(20)27)17-9-6-10-21-18-7-2-4-11-22(18)26-25(17)21/h2-15,26H,1H3. The molecule has 128 valence electrons. The van der Waals surface area contributed by atoms with E-state index in [0.29, 0.717) is 0 Å². The molecule has 0 aliphatic heterocycles. The number of aryl methyl sites for hydroxylation is 1. The van der Waals surface area contributed by atoms with E-state index >= 15 is 0 Å². The van der Waals surface area contributed by atoms with Crippen molar-refractivity contribution in [3.8, 4) is 11.1 Å². The van der Waals surface area contributed by atoms with Crippen molar-refractivity contribution in [2.75, 3.05) is 0 Å². The van der Waals surface area contributed by atoms with Gasteiger partial charge in [0.15, 0.2) is 0 Å². The van der Waals surface area contributed by atoms with E-state index in [1.165, 1.54) is 54.7 Å². The highest BCUT2D eigenvalue weighted by Crippen LogP contribution is 2.36. The zero-order chi connectivity index (χ0) is 18.0. The second kappa shape index (κ2) is 5.24. The summed E-state index contributed by atoms with van der Waals surface area (Å²) in [6, 6.07) is 30.5. The van der Waals surface area contributed by atoms with E-state index in [0.717, 1.165) is 0 Å². The predicted molar refractivity (Wildman–Crippen MR) is 115 cm³/mol. The Balaban J connectivity index is 1.68. The Hall–Kier alpha value is -3.52. The van der Waals surface area contributed by atoms with E-state index < -0.39 is 0 Å². The van der Waals surface area contributed by atoms with Crippen LogP contribution in [0.1, 0.15) is 0 Å². The normalized spacial score (nSPS) is 11.9. The Morgan fingerprint density at radius 1 is 0.630 bits per heavy atom. The molecule has 2 aromatic heterocycles. The van der Waals surface area contributed by atoms with Crippen LogP contribution in [-0.2, 0) is 7.05 Å². The van der Waals surface area contributed by atoms with Crippen LogP contribution in [0.3, 0.4) is 0 Å². The summed E-state index contributed by atoms with van der Waals surface area (Å²) in [6.45, 7) is 0. The average Bonchev–Trinajstić information content (AvgIpc) is 3.24. The van der Waals surface area contributed by atoms with Gasteiger partial charge in [-0.25, -0.2) is 0 Å². The topological polar surface area (TPSA) is 20.7 Å². The summed E-state index contributed by atoms with van der Waals surface area (Å²) in [5.74, 6) is 0. The summed E-state index contributed by atoms with van der Waals surface area (Å²) in [4.78, 5) is 3.63.